The van der Waals surface area contributed by atoms with Crippen LogP contribution < -0.4 is 5.32 Å². The quantitative estimate of drug-likeness (QED) is 0.826. The van der Waals surface area contributed by atoms with Crippen molar-refractivity contribution < 1.29 is 9.15 Å². The minimum absolute atomic E-state index is 0.428. The van der Waals surface area contributed by atoms with Crippen molar-refractivity contribution in [1.82, 2.24) is 10.3 Å². The lowest BCUT2D eigenvalue weighted by molar-refractivity contribution is 0.103. The molecule has 0 aliphatic carbocycles. The zero-order chi connectivity index (χ0) is 12.1. The van der Waals surface area contributed by atoms with Gasteiger partial charge in [0.15, 0.2) is 0 Å². The number of aryl methyl sites for hydroxylation is 1. The third-order valence-corrected chi connectivity index (χ3v) is 3.00. The highest BCUT2D eigenvalue weighted by molar-refractivity contribution is 4.95. The third-order valence-electron chi connectivity index (χ3n) is 3.00. The van der Waals surface area contributed by atoms with E-state index >= 15 is 0 Å². The molecule has 1 N–H and O–H groups in total. The van der Waals surface area contributed by atoms with E-state index in [1.807, 2.05) is 6.20 Å². The summed E-state index contributed by atoms with van der Waals surface area (Å²) in [6.45, 7) is 5.85. The summed E-state index contributed by atoms with van der Waals surface area (Å²) in [6, 6.07) is 0.456. The molecule has 1 aromatic heterocycles. The molecule has 1 aliphatic heterocycles. The molecule has 0 radical (unpaired) electrons. The molecule has 0 aromatic carbocycles. The molecule has 0 spiro atoms. The fourth-order valence-electron chi connectivity index (χ4n) is 2.01. The predicted molar refractivity (Wildman–Crippen MR) is 65.8 cm³/mol. The van der Waals surface area contributed by atoms with Crippen LogP contribution in [0.5, 0.6) is 0 Å². The van der Waals surface area contributed by atoms with Crippen molar-refractivity contribution in [2.24, 2.45) is 0 Å². The van der Waals surface area contributed by atoms with Crippen LogP contribution in [0.1, 0.15) is 44.8 Å². The van der Waals surface area contributed by atoms with Gasteiger partial charge in [0.2, 0.25) is 5.89 Å². The van der Waals surface area contributed by atoms with E-state index in [1.54, 1.807) is 0 Å². The van der Waals surface area contributed by atoms with Crippen LogP contribution in [0.4, 0.5) is 0 Å². The monoisotopic (exact) mass is 238 g/mol. The van der Waals surface area contributed by atoms with Gasteiger partial charge in [0.05, 0.1) is 18.8 Å². The van der Waals surface area contributed by atoms with Gasteiger partial charge in [-0.15, -0.1) is 0 Å². The Balaban J connectivity index is 1.73. The van der Waals surface area contributed by atoms with Gasteiger partial charge < -0.3 is 14.5 Å². The Bertz CT molecular complexity index is 330. The minimum atomic E-state index is 0.428. The van der Waals surface area contributed by atoms with E-state index in [2.05, 4.69) is 24.1 Å². The van der Waals surface area contributed by atoms with E-state index in [0.29, 0.717) is 18.7 Å². The molecule has 1 aliphatic rings. The molecule has 2 rings (SSSR count). The predicted octanol–water partition coefficient (Wildman–Crippen LogP) is 2.28. The van der Waals surface area contributed by atoms with Gasteiger partial charge in [-0.3, -0.25) is 0 Å². The number of hydrogen-bond donors (Lipinski definition) is 1. The summed E-state index contributed by atoms with van der Waals surface area (Å²) >= 11 is 0. The number of ether oxygens (including phenoxy) is 1. The highest BCUT2D eigenvalue weighted by Gasteiger charge is 2.16. The van der Waals surface area contributed by atoms with Crippen molar-refractivity contribution in [3.05, 3.63) is 17.8 Å². The average Bonchev–Trinajstić information content (AvgIpc) is 2.95. The van der Waals surface area contributed by atoms with Crippen molar-refractivity contribution in [2.45, 2.75) is 58.2 Å². The van der Waals surface area contributed by atoms with Crippen LogP contribution in [-0.2, 0) is 17.7 Å². The smallest absolute Gasteiger partial charge is 0.208 e. The Kier molecular flexibility index (Phi) is 4.57. The maximum atomic E-state index is 5.66. The van der Waals surface area contributed by atoms with Crippen molar-refractivity contribution in [3.8, 4) is 0 Å². The Hall–Kier alpha value is -0.870. The van der Waals surface area contributed by atoms with Gasteiger partial charge in [0, 0.05) is 19.1 Å². The molecule has 1 saturated heterocycles. The largest absolute Gasteiger partial charge is 0.444 e. The fraction of sp³-hybridized carbons (Fsp3) is 0.769. The van der Waals surface area contributed by atoms with Crippen molar-refractivity contribution in [3.63, 3.8) is 0 Å². The molecule has 1 fully saturated rings. The van der Waals surface area contributed by atoms with E-state index in [9.17, 15) is 0 Å². The highest BCUT2D eigenvalue weighted by Crippen LogP contribution is 2.18. The van der Waals surface area contributed by atoms with Gasteiger partial charge in [-0.1, -0.05) is 13.8 Å². The van der Waals surface area contributed by atoms with Gasteiger partial charge in [0.1, 0.15) is 5.76 Å². The molecule has 96 valence electrons. The molecule has 1 aromatic rings. The number of aromatic nitrogens is 1. The number of oxazole rings is 1. The van der Waals surface area contributed by atoms with Crippen LogP contribution in [0, 0.1) is 0 Å². The van der Waals surface area contributed by atoms with Gasteiger partial charge in [-0.2, -0.15) is 0 Å². The number of hydrogen-bond acceptors (Lipinski definition) is 4. The average molecular weight is 238 g/mol. The number of rotatable bonds is 6. The summed E-state index contributed by atoms with van der Waals surface area (Å²) in [5.41, 5.74) is 0. The van der Waals surface area contributed by atoms with Gasteiger partial charge >= 0.3 is 0 Å². The summed E-state index contributed by atoms with van der Waals surface area (Å²) in [4.78, 5) is 4.26. The Morgan fingerprint density at radius 2 is 2.41 bits per heavy atom. The highest BCUT2D eigenvalue weighted by atomic mass is 16.5. The molecule has 0 bridgehead atoms. The Labute approximate surface area is 103 Å². The normalized spacial score (nSPS) is 20.3. The lowest BCUT2D eigenvalue weighted by Crippen LogP contribution is -2.21. The lowest BCUT2D eigenvalue weighted by Gasteiger charge is -2.06. The lowest BCUT2D eigenvalue weighted by atomic mass is 10.1. The van der Waals surface area contributed by atoms with E-state index < -0.39 is 0 Å². The third kappa shape index (κ3) is 4.13. The minimum Gasteiger partial charge on any atom is -0.444 e. The van der Waals surface area contributed by atoms with Crippen LogP contribution in [0.15, 0.2) is 10.6 Å². The first kappa shape index (κ1) is 12.6. The van der Waals surface area contributed by atoms with Crippen LogP contribution in [0.3, 0.4) is 0 Å². The SMILES string of the molecule is CC(C)NCc1ncc(CCC2CCCO2)o1. The van der Waals surface area contributed by atoms with Crippen LogP contribution in [0.2, 0.25) is 0 Å². The maximum Gasteiger partial charge on any atom is 0.208 e. The summed E-state index contributed by atoms with van der Waals surface area (Å²) < 4.78 is 11.3. The van der Waals surface area contributed by atoms with E-state index in [-0.39, 0.29) is 0 Å². The molecule has 2 heterocycles. The molecular weight excluding hydrogens is 216 g/mol. The molecule has 1 unspecified atom stereocenters. The first-order valence-electron chi connectivity index (χ1n) is 6.52. The molecule has 0 amide bonds. The molecule has 17 heavy (non-hydrogen) atoms. The van der Waals surface area contributed by atoms with Crippen LogP contribution in [-0.4, -0.2) is 23.7 Å². The second-order valence-electron chi connectivity index (χ2n) is 4.93. The molecule has 4 heteroatoms. The summed E-state index contributed by atoms with van der Waals surface area (Å²) in [7, 11) is 0. The van der Waals surface area contributed by atoms with Gasteiger partial charge in [0.25, 0.3) is 0 Å². The molecule has 1 atom stereocenters. The Morgan fingerprint density at radius 3 is 3.12 bits per heavy atom. The first-order valence-corrected chi connectivity index (χ1v) is 6.52. The van der Waals surface area contributed by atoms with E-state index in [1.165, 1.54) is 12.8 Å². The van der Waals surface area contributed by atoms with Crippen LogP contribution >= 0.6 is 0 Å². The molecule has 4 nitrogen and oxygen atoms in total. The molecular formula is C13H22N2O2. The van der Waals surface area contributed by atoms with E-state index in [0.717, 1.165) is 31.1 Å². The van der Waals surface area contributed by atoms with Crippen molar-refractivity contribution in [2.75, 3.05) is 6.61 Å². The number of nitrogens with one attached hydrogen (secondary N) is 1. The second-order valence-corrected chi connectivity index (χ2v) is 4.93. The van der Waals surface area contributed by atoms with Crippen molar-refractivity contribution >= 4 is 0 Å². The van der Waals surface area contributed by atoms with Crippen molar-refractivity contribution in [1.29, 1.82) is 0 Å². The second kappa shape index (κ2) is 6.17. The Morgan fingerprint density at radius 1 is 1.53 bits per heavy atom. The summed E-state index contributed by atoms with van der Waals surface area (Å²) in [5.74, 6) is 1.75. The number of nitrogens with zero attached hydrogens (tertiary/aromatic N) is 1. The standard InChI is InChI=1S/C13H22N2O2/c1-10(2)14-9-13-15-8-12(17-13)6-5-11-4-3-7-16-11/h8,10-11,14H,3-7,9H2,1-2H3. The zero-order valence-electron chi connectivity index (χ0n) is 10.7. The van der Waals surface area contributed by atoms with E-state index in [4.69, 9.17) is 9.15 Å². The van der Waals surface area contributed by atoms with Gasteiger partial charge in [-0.05, 0) is 19.3 Å². The first-order chi connectivity index (χ1) is 8.24. The topological polar surface area (TPSA) is 47.3 Å². The van der Waals surface area contributed by atoms with Gasteiger partial charge in [-0.25, -0.2) is 4.98 Å². The fourth-order valence-corrected chi connectivity index (χ4v) is 2.01. The zero-order valence-corrected chi connectivity index (χ0v) is 10.7. The molecule has 0 saturated carbocycles. The maximum absolute atomic E-state index is 5.66. The summed E-state index contributed by atoms with van der Waals surface area (Å²) in [5, 5.41) is 3.29. The summed E-state index contributed by atoms with van der Waals surface area (Å²) in [6.07, 6.45) is 6.63. The van der Waals surface area contributed by atoms with Crippen LogP contribution in [0.25, 0.3) is 0 Å².